The summed E-state index contributed by atoms with van der Waals surface area (Å²) in [6, 6.07) is 3.68. The molecule has 0 aromatic heterocycles. The molecule has 1 aromatic rings. The second-order valence-electron chi connectivity index (χ2n) is 4.08. The Morgan fingerprint density at radius 1 is 1.28 bits per heavy atom. The third-order valence-corrected chi connectivity index (χ3v) is 3.65. The minimum Gasteiger partial charge on any atom is -0.493 e. The van der Waals surface area contributed by atoms with Crippen LogP contribution in [0.5, 0.6) is 11.5 Å². The molecule has 0 N–H and O–H groups in total. The maximum absolute atomic E-state index is 11.5. The molecular weight excluding hydrogens is 300 g/mol. The van der Waals surface area contributed by atoms with Crippen LogP contribution in [0.2, 0.25) is 0 Å². The SMILES string of the molecule is COc1cc(Br)c(C2CC(=O)CCO2)cc1OC. The lowest BCUT2D eigenvalue weighted by molar-refractivity contribution is -0.128. The van der Waals surface area contributed by atoms with E-state index >= 15 is 0 Å². The number of halogens is 1. The van der Waals surface area contributed by atoms with Gasteiger partial charge in [-0.25, -0.2) is 0 Å². The summed E-state index contributed by atoms with van der Waals surface area (Å²) >= 11 is 3.48. The van der Waals surface area contributed by atoms with Gasteiger partial charge >= 0.3 is 0 Å². The Hall–Kier alpha value is -1.07. The molecule has 0 saturated carbocycles. The second-order valence-corrected chi connectivity index (χ2v) is 4.94. The van der Waals surface area contributed by atoms with Crippen LogP contribution in [0.15, 0.2) is 16.6 Å². The van der Waals surface area contributed by atoms with Gasteiger partial charge < -0.3 is 14.2 Å². The predicted octanol–water partition coefficient (Wildman–Crippen LogP) is 2.89. The van der Waals surface area contributed by atoms with Gasteiger partial charge in [0.2, 0.25) is 0 Å². The van der Waals surface area contributed by atoms with Gasteiger partial charge in [0.15, 0.2) is 11.5 Å². The largest absolute Gasteiger partial charge is 0.493 e. The van der Waals surface area contributed by atoms with E-state index in [1.807, 2.05) is 12.1 Å². The van der Waals surface area contributed by atoms with Gasteiger partial charge in [0.25, 0.3) is 0 Å². The summed E-state index contributed by atoms with van der Waals surface area (Å²) in [6.45, 7) is 0.476. The molecule has 1 heterocycles. The fraction of sp³-hybridized carbons (Fsp3) is 0.462. The van der Waals surface area contributed by atoms with Crippen molar-refractivity contribution >= 4 is 21.7 Å². The third kappa shape index (κ3) is 2.67. The summed E-state index contributed by atoms with van der Waals surface area (Å²) in [5, 5.41) is 0. The molecule has 1 atom stereocenters. The zero-order chi connectivity index (χ0) is 13.1. The van der Waals surface area contributed by atoms with Crippen molar-refractivity contribution in [2.75, 3.05) is 20.8 Å². The van der Waals surface area contributed by atoms with Crippen LogP contribution in [0.1, 0.15) is 24.5 Å². The van der Waals surface area contributed by atoms with Gasteiger partial charge in [-0.2, -0.15) is 0 Å². The van der Waals surface area contributed by atoms with Crippen molar-refractivity contribution in [1.82, 2.24) is 0 Å². The van der Waals surface area contributed by atoms with Crippen molar-refractivity contribution in [3.05, 3.63) is 22.2 Å². The summed E-state index contributed by atoms with van der Waals surface area (Å²) < 4.78 is 17.0. The van der Waals surface area contributed by atoms with Crippen LogP contribution >= 0.6 is 15.9 Å². The minimum absolute atomic E-state index is 0.208. The lowest BCUT2D eigenvalue weighted by Crippen LogP contribution is -2.19. The minimum atomic E-state index is -0.208. The van der Waals surface area contributed by atoms with Crippen molar-refractivity contribution < 1.29 is 19.0 Å². The molecule has 18 heavy (non-hydrogen) atoms. The topological polar surface area (TPSA) is 44.8 Å². The van der Waals surface area contributed by atoms with E-state index in [1.54, 1.807) is 14.2 Å². The maximum Gasteiger partial charge on any atom is 0.161 e. The van der Waals surface area contributed by atoms with Gasteiger partial charge in [-0.15, -0.1) is 0 Å². The first-order valence-electron chi connectivity index (χ1n) is 5.70. The number of hydrogen-bond donors (Lipinski definition) is 0. The van der Waals surface area contributed by atoms with E-state index in [0.29, 0.717) is 30.9 Å². The highest BCUT2D eigenvalue weighted by molar-refractivity contribution is 9.10. The Kier molecular flexibility index (Phi) is 4.24. The first-order valence-corrected chi connectivity index (χ1v) is 6.49. The normalized spacial score (nSPS) is 19.7. The number of rotatable bonds is 3. The first-order chi connectivity index (χ1) is 8.65. The molecule has 4 nitrogen and oxygen atoms in total. The third-order valence-electron chi connectivity index (χ3n) is 2.96. The molecule has 0 aliphatic carbocycles. The summed E-state index contributed by atoms with van der Waals surface area (Å²) in [4.78, 5) is 11.5. The van der Waals surface area contributed by atoms with E-state index in [0.717, 1.165) is 10.0 Å². The first kappa shape index (κ1) is 13.4. The molecule has 0 bridgehead atoms. The zero-order valence-corrected chi connectivity index (χ0v) is 12.0. The van der Waals surface area contributed by atoms with Gasteiger partial charge in [-0.05, 0) is 17.7 Å². The number of Topliss-reactive ketones (excluding diaryl/α,β-unsaturated/α-hetero) is 1. The molecule has 98 valence electrons. The van der Waals surface area contributed by atoms with Crippen LogP contribution in [-0.2, 0) is 9.53 Å². The monoisotopic (exact) mass is 314 g/mol. The van der Waals surface area contributed by atoms with E-state index in [9.17, 15) is 4.79 Å². The van der Waals surface area contributed by atoms with E-state index in [4.69, 9.17) is 14.2 Å². The quantitative estimate of drug-likeness (QED) is 0.860. The molecule has 5 heteroatoms. The van der Waals surface area contributed by atoms with Crippen LogP contribution in [0.3, 0.4) is 0 Å². The Morgan fingerprint density at radius 3 is 2.56 bits per heavy atom. The number of methoxy groups -OCH3 is 2. The van der Waals surface area contributed by atoms with E-state index < -0.39 is 0 Å². The Morgan fingerprint density at radius 2 is 1.94 bits per heavy atom. The molecule has 1 saturated heterocycles. The van der Waals surface area contributed by atoms with Gasteiger partial charge in [-0.1, -0.05) is 15.9 Å². The molecular formula is C13H15BrO4. The van der Waals surface area contributed by atoms with E-state index in [1.165, 1.54) is 0 Å². The number of benzene rings is 1. The molecule has 1 aliphatic heterocycles. The molecule has 1 aromatic carbocycles. The molecule has 0 amide bonds. The summed E-state index contributed by atoms with van der Waals surface area (Å²) in [7, 11) is 3.17. The fourth-order valence-electron chi connectivity index (χ4n) is 2.00. The molecule has 2 rings (SSSR count). The van der Waals surface area contributed by atoms with Crippen LogP contribution < -0.4 is 9.47 Å². The number of ether oxygens (including phenoxy) is 3. The van der Waals surface area contributed by atoms with Crippen molar-refractivity contribution in [2.45, 2.75) is 18.9 Å². The highest BCUT2D eigenvalue weighted by Gasteiger charge is 2.25. The average molecular weight is 315 g/mol. The van der Waals surface area contributed by atoms with Crippen molar-refractivity contribution in [1.29, 1.82) is 0 Å². The standard InChI is InChI=1S/C13H15BrO4/c1-16-12-6-9(10(14)7-13(12)17-2)11-5-8(15)3-4-18-11/h6-7,11H,3-5H2,1-2H3. The van der Waals surface area contributed by atoms with Gasteiger partial charge in [0.05, 0.1) is 26.9 Å². The molecule has 1 unspecified atom stereocenters. The number of ketones is 1. The van der Waals surface area contributed by atoms with Crippen molar-refractivity contribution in [3.63, 3.8) is 0 Å². The molecule has 0 spiro atoms. The maximum atomic E-state index is 11.5. The highest BCUT2D eigenvalue weighted by atomic mass is 79.9. The lowest BCUT2D eigenvalue weighted by atomic mass is 10.00. The van der Waals surface area contributed by atoms with E-state index in [2.05, 4.69) is 15.9 Å². The number of carbonyl (C=O) groups is 1. The highest BCUT2D eigenvalue weighted by Crippen LogP contribution is 2.39. The van der Waals surface area contributed by atoms with E-state index in [-0.39, 0.29) is 11.9 Å². The van der Waals surface area contributed by atoms with Gasteiger partial charge in [0, 0.05) is 17.3 Å². The second kappa shape index (κ2) is 5.71. The predicted molar refractivity (Wildman–Crippen MR) is 70.2 cm³/mol. The summed E-state index contributed by atoms with van der Waals surface area (Å²) in [6.07, 6.45) is 0.704. The zero-order valence-electron chi connectivity index (χ0n) is 10.4. The lowest BCUT2D eigenvalue weighted by Gasteiger charge is -2.24. The summed E-state index contributed by atoms with van der Waals surface area (Å²) in [5.74, 6) is 1.51. The van der Waals surface area contributed by atoms with Crippen molar-refractivity contribution in [2.24, 2.45) is 0 Å². The number of hydrogen-bond acceptors (Lipinski definition) is 4. The van der Waals surface area contributed by atoms with Crippen LogP contribution in [0.4, 0.5) is 0 Å². The van der Waals surface area contributed by atoms with Crippen LogP contribution in [0.25, 0.3) is 0 Å². The van der Waals surface area contributed by atoms with Gasteiger partial charge in [0.1, 0.15) is 5.78 Å². The molecule has 1 aliphatic rings. The number of carbonyl (C=O) groups excluding carboxylic acids is 1. The van der Waals surface area contributed by atoms with Gasteiger partial charge in [-0.3, -0.25) is 4.79 Å². The Labute approximate surface area is 114 Å². The molecule has 1 fully saturated rings. The van der Waals surface area contributed by atoms with Crippen LogP contribution in [0, 0.1) is 0 Å². The summed E-state index contributed by atoms with van der Waals surface area (Å²) in [5.41, 5.74) is 0.917. The average Bonchev–Trinajstić information content (AvgIpc) is 2.38. The smallest absolute Gasteiger partial charge is 0.161 e. The fourth-order valence-corrected chi connectivity index (χ4v) is 2.58. The van der Waals surface area contributed by atoms with Crippen molar-refractivity contribution in [3.8, 4) is 11.5 Å². The Bertz CT molecular complexity index is 459. The van der Waals surface area contributed by atoms with Crippen LogP contribution in [-0.4, -0.2) is 26.6 Å². The Balaban J connectivity index is 2.34. The molecule has 0 radical (unpaired) electrons.